The number of pyridine rings is 1. The third-order valence-corrected chi connectivity index (χ3v) is 3.94. The van der Waals surface area contributed by atoms with Gasteiger partial charge in [-0.05, 0) is 30.3 Å². The van der Waals surface area contributed by atoms with Crippen LogP contribution in [0, 0.1) is 0 Å². The highest BCUT2D eigenvalue weighted by atomic mass is 16.5. The van der Waals surface area contributed by atoms with Gasteiger partial charge in [-0.15, -0.1) is 0 Å². The first kappa shape index (κ1) is 13.1. The van der Waals surface area contributed by atoms with Gasteiger partial charge >= 0.3 is 0 Å². The lowest BCUT2D eigenvalue weighted by Gasteiger charge is -2.27. The number of fused-ring (bicyclic) bond motifs is 1. The molecule has 0 amide bonds. The Morgan fingerprint density at radius 3 is 2.86 bits per heavy atom. The summed E-state index contributed by atoms with van der Waals surface area (Å²) in [7, 11) is 0. The predicted octanol–water partition coefficient (Wildman–Crippen LogP) is 2.04. The van der Waals surface area contributed by atoms with Gasteiger partial charge in [0.1, 0.15) is 11.5 Å². The number of nitrogens with zero attached hydrogens (tertiary/aromatic N) is 3. The van der Waals surface area contributed by atoms with E-state index in [4.69, 9.17) is 10.5 Å². The quantitative estimate of drug-likeness (QED) is 0.707. The van der Waals surface area contributed by atoms with Crippen LogP contribution in [0.15, 0.2) is 36.5 Å². The molecule has 112 valence electrons. The second-order valence-corrected chi connectivity index (χ2v) is 5.38. The second kappa shape index (κ2) is 5.31. The SMILES string of the molecule is Nc1ccc2[nH]nc(-c3ccnc(N4CCOCC4)c3)c2c1. The average Bonchev–Trinajstić information content (AvgIpc) is 2.99. The minimum absolute atomic E-state index is 0.734. The summed E-state index contributed by atoms with van der Waals surface area (Å²) in [6.07, 6.45) is 1.83. The van der Waals surface area contributed by atoms with E-state index in [2.05, 4.69) is 26.1 Å². The number of aromatic amines is 1. The van der Waals surface area contributed by atoms with Gasteiger partial charge in [0.2, 0.25) is 0 Å². The molecule has 22 heavy (non-hydrogen) atoms. The molecule has 1 saturated heterocycles. The fourth-order valence-electron chi connectivity index (χ4n) is 2.78. The molecule has 1 aliphatic rings. The van der Waals surface area contributed by atoms with Gasteiger partial charge in [0.05, 0.1) is 18.7 Å². The van der Waals surface area contributed by atoms with Crippen molar-refractivity contribution in [1.82, 2.24) is 15.2 Å². The molecule has 3 heterocycles. The van der Waals surface area contributed by atoms with Gasteiger partial charge in [0.25, 0.3) is 0 Å². The summed E-state index contributed by atoms with van der Waals surface area (Å²) >= 11 is 0. The van der Waals surface area contributed by atoms with Crippen LogP contribution in [0.2, 0.25) is 0 Å². The van der Waals surface area contributed by atoms with Crippen LogP contribution in [0.25, 0.3) is 22.2 Å². The van der Waals surface area contributed by atoms with E-state index < -0.39 is 0 Å². The molecule has 0 bridgehead atoms. The monoisotopic (exact) mass is 295 g/mol. The average molecular weight is 295 g/mol. The van der Waals surface area contributed by atoms with E-state index in [0.29, 0.717) is 0 Å². The molecule has 1 aromatic carbocycles. The lowest BCUT2D eigenvalue weighted by Crippen LogP contribution is -2.36. The highest BCUT2D eigenvalue weighted by Crippen LogP contribution is 2.29. The zero-order valence-corrected chi connectivity index (χ0v) is 12.1. The summed E-state index contributed by atoms with van der Waals surface area (Å²) in [5.74, 6) is 0.959. The van der Waals surface area contributed by atoms with Crippen molar-refractivity contribution in [2.45, 2.75) is 0 Å². The first-order valence-corrected chi connectivity index (χ1v) is 7.34. The van der Waals surface area contributed by atoms with E-state index in [1.807, 2.05) is 30.5 Å². The molecule has 1 fully saturated rings. The first-order chi connectivity index (χ1) is 10.8. The normalized spacial score (nSPS) is 15.4. The van der Waals surface area contributed by atoms with Gasteiger partial charge in [-0.2, -0.15) is 5.10 Å². The number of nitrogen functional groups attached to an aromatic ring is 1. The number of ether oxygens (including phenoxy) is 1. The Labute approximate surface area is 127 Å². The Bertz CT molecular complexity index is 807. The molecule has 0 aliphatic carbocycles. The van der Waals surface area contributed by atoms with Crippen LogP contribution >= 0.6 is 0 Å². The maximum absolute atomic E-state index is 5.90. The van der Waals surface area contributed by atoms with Crippen molar-refractivity contribution in [3.63, 3.8) is 0 Å². The standard InChI is InChI=1S/C16H17N5O/c17-12-1-2-14-13(10-12)16(20-19-14)11-3-4-18-15(9-11)21-5-7-22-8-6-21/h1-4,9-10H,5-8,17H2,(H,19,20). The number of nitrogens with two attached hydrogens (primary N) is 1. The van der Waals surface area contributed by atoms with E-state index in [1.165, 1.54) is 0 Å². The molecule has 6 heteroatoms. The molecule has 0 unspecified atom stereocenters. The highest BCUT2D eigenvalue weighted by molar-refractivity contribution is 5.94. The third kappa shape index (κ3) is 2.27. The van der Waals surface area contributed by atoms with Crippen molar-refractivity contribution < 1.29 is 4.74 Å². The van der Waals surface area contributed by atoms with Crippen LogP contribution in [-0.4, -0.2) is 41.5 Å². The molecular formula is C16H17N5O. The van der Waals surface area contributed by atoms with E-state index in [1.54, 1.807) is 0 Å². The van der Waals surface area contributed by atoms with Crippen molar-refractivity contribution in [3.8, 4) is 11.3 Å². The zero-order valence-electron chi connectivity index (χ0n) is 12.1. The molecule has 2 aromatic heterocycles. The van der Waals surface area contributed by atoms with Crippen LogP contribution < -0.4 is 10.6 Å². The molecule has 6 nitrogen and oxygen atoms in total. The lowest BCUT2D eigenvalue weighted by molar-refractivity contribution is 0.122. The van der Waals surface area contributed by atoms with E-state index in [-0.39, 0.29) is 0 Å². The first-order valence-electron chi connectivity index (χ1n) is 7.34. The lowest BCUT2D eigenvalue weighted by atomic mass is 10.1. The van der Waals surface area contributed by atoms with Crippen molar-refractivity contribution >= 4 is 22.4 Å². The molecule has 3 N–H and O–H groups in total. The molecule has 1 aliphatic heterocycles. The molecular weight excluding hydrogens is 278 g/mol. The Balaban J connectivity index is 1.76. The van der Waals surface area contributed by atoms with Gasteiger partial charge in [-0.25, -0.2) is 4.98 Å². The number of hydrogen-bond donors (Lipinski definition) is 2. The number of nitrogens with one attached hydrogen (secondary N) is 1. The number of morpholine rings is 1. The van der Waals surface area contributed by atoms with Gasteiger partial charge in [0.15, 0.2) is 0 Å². The van der Waals surface area contributed by atoms with Gasteiger partial charge in [-0.1, -0.05) is 0 Å². The summed E-state index contributed by atoms with van der Waals surface area (Å²) in [4.78, 5) is 6.71. The van der Waals surface area contributed by atoms with Crippen LogP contribution in [0.3, 0.4) is 0 Å². The Morgan fingerprint density at radius 2 is 2.00 bits per heavy atom. The fraction of sp³-hybridized carbons (Fsp3) is 0.250. The van der Waals surface area contributed by atoms with Crippen molar-refractivity contribution in [1.29, 1.82) is 0 Å². The number of benzene rings is 1. The van der Waals surface area contributed by atoms with E-state index in [0.717, 1.165) is 60.0 Å². The van der Waals surface area contributed by atoms with Crippen LogP contribution in [0.1, 0.15) is 0 Å². The zero-order chi connectivity index (χ0) is 14.9. The number of anilines is 2. The van der Waals surface area contributed by atoms with Crippen LogP contribution in [0.4, 0.5) is 11.5 Å². The van der Waals surface area contributed by atoms with Gasteiger partial charge < -0.3 is 15.4 Å². The Kier molecular flexibility index (Phi) is 3.16. The topological polar surface area (TPSA) is 80.1 Å². The predicted molar refractivity (Wildman–Crippen MR) is 86.8 cm³/mol. The Morgan fingerprint density at radius 1 is 1.14 bits per heavy atom. The third-order valence-electron chi connectivity index (χ3n) is 3.94. The number of H-pyrrole nitrogens is 1. The molecule has 0 saturated carbocycles. The molecule has 0 atom stereocenters. The van der Waals surface area contributed by atoms with Crippen molar-refractivity contribution in [2.75, 3.05) is 36.9 Å². The highest BCUT2D eigenvalue weighted by Gasteiger charge is 2.14. The summed E-state index contributed by atoms with van der Waals surface area (Å²) in [6.45, 7) is 3.22. The van der Waals surface area contributed by atoms with Gasteiger partial charge in [-0.3, -0.25) is 5.10 Å². The number of hydrogen-bond acceptors (Lipinski definition) is 5. The minimum atomic E-state index is 0.734. The molecule has 0 radical (unpaired) electrons. The fourth-order valence-corrected chi connectivity index (χ4v) is 2.78. The van der Waals surface area contributed by atoms with Crippen LogP contribution in [-0.2, 0) is 4.74 Å². The largest absolute Gasteiger partial charge is 0.399 e. The van der Waals surface area contributed by atoms with Gasteiger partial charge in [0, 0.05) is 35.9 Å². The van der Waals surface area contributed by atoms with Crippen molar-refractivity contribution in [3.05, 3.63) is 36.5 Å². The molecule has 4 rings (SSSR count). The summed E-state index contributed by atoms with van der Waals surface area (Å²) in [5, 5.41) is 8.52. The van der Waals surface area contributed by atoms with Crippen LogP contribution in [0.5, 0.6) is 0 Å². The Hall–Kier alpha value is -2.60. The minimum Gasteiger partial charge on any atom is -0.399 e. The summed E-state index contributed by atoms with van der Waals surface area (Å²) in [5.41, 5.74) is 9.55. The maximum Gasteiger partial charge on any atom is 0.129 e. The van der Waals surface area contributed by atoms with E-state index >= 15 is 0 Å². The number of aromatic nitrogens is 3. The molecule has 0 spiro atoms. The summed E-state index contributed by atoms with van der Waals surface area (Å²) in [6, 6.07) is 9.82. The van der Waals surface area contributed by atoms with E-state index in [9.17, 15) is 0 Å². The smallest absolute Gasteiger partial charge is 0.129 e. The number of rotatable bonds is 2. The summed E-state index contributed by atoms with van der Waals surface area (Å²) < 4.78 is 5.39. The maximum atomic E-state index is 5.90. The van der Waals surface area contributed by atoms with Crippen molar-refractivity contribution in [2.24, 2.45) is 0 Å². The molecule has 3 aromatic rings. The second-order valence-electron chi connectivity index (χ2n) is 5.38.